The van der Waals surface area contributed by atoms with E-state index in [-0.39, 0.29) is 0 Å². The highest BCUT2D eigenvalue weighted by molar-refractivity contribution is 5.83. The number of H-pyrrole nitrogens is 1. The Morgan fingerprint density at radius 3 is 2.75 bits per heavy atom. The molecule has 3 N–H and O–H groups in total. The molecular weight excluding hydrogens is 248 g/mol. The molecule has 20 heavy (non-hydrogen) atoms. The number of aliphatic imine (C=N–C) groups is 1. The molecule has 0 saturated carbocycles. The average molecular weight is 272 g/mol. The summed E-state index contributed by atoms with van der Waals surface area (Å²) in [6.45, 7) is 6.79. The third-order valence-corrected chi connectivity index (χ3v) is 3.64. The second kappa shape index (κ2) is 6.98. The largest absolute Gasteiger partial charge is 0.370 e. The minimum Gasteiger partial charge on any atom is -0.370 e. The van der Waals surface area contributed by atoms with Crippen LogP contribution in [0.15, 0.2) is 35.5 Å². The summed E-state index contributed by atoms with van der Waals surface area (Å²) in [5.74, 6) is 0.661. The Morgan fingerprint density at radius 1 is 1.25 bits per heavy atom. The average Bonchev–Trinajstić information content (AvgIpc) is 2.88. The van der Waals surface area contributed by atoms with Crippen LogP contribution in [0.2, 0.25) is 0 Å². The molecule has 0 aliphatic carbocycles. The number of aromatic nitrogens is 1. The monoisotopic (exact) mass is 272 g/mol. The lowest BCUT2D eigenvalue weighted by Crippen LogP contribution is -2.37. The van der Waals surface area contributed by atoms with Crippen LogP contribution in [0.5, 0.6) is 0 Å². The highest BCUT2D eigenvalue weighted by Crippen LogP contribution is 2.18. The van der Waals surface area contributed by atoms with Gasteiger partial charge >= 0.3 is 0 Å². The van der Waals surface area contributed by atoms with Crippen molar-refractivity contribution in [2.45, 2.75) is 26.7 Å². The predicted molar refractivity (Wildman–Crippen MR) is 86.0 cm³/mol. The summed E-state index contributed by atoms with van der Waals surface area (Å²) < 4.78 is 0. The maximum atomic E-state index is 5.96. The number of rotatable bonds is 6. The molecule has 4 nitrogen and oxygen atoms in total. The Balaban J connectivity index is 1.89. The molecule has 0 radical (unpaired) electrons. The van der Waals surface area contributed by atoms with Gasteiger partial charge in [0.1, 0.15) is 0 Å². The normalized spacial score (nSPS) is 12.0. The summed E-state index contributed by atoms with van der Waals surface area (Å²) in [5, 5.41) is 1.31. The van der Waals surface area contributed by atoms with Crippen LogP contribution in [0.1, 0.15) is 25.8 Å². The van der Waals surface area contributed by atoms with Gasteiger partial charge in [0, 0.05) is 36.7 Å². The molecule has 0 atom stereocenters. The van der Waals surface area contributed by atoms with Gasteiger partial charge in [-0.05, 0) is 38.3 Å². The highest BCUT2D eigenvalue weighted by Gasteiger charge is 2.03. The number of para-hydroxylation sites is 1. The number of aryl methyl sites for hydroxylation is 1. The van der Waals surface area contributed by atoms with Crippen molar-refractivity contribution in [3.63, 3.8) is 0 Å². The molecule has 0 bridgehead atoms. The standard InChI is InChI=1S/C16H24N4/c1-3-20(4-2)16(17)18-11-7-8-13-12-19-15-10-6-5-9-14(13)15/h5-6,9-10,12,19H,3-4,7-8,11H2,1-2H3,(H2,17,18). The van der Waals surface area contributed by atoms with Crippen LogP contribution in [-0.4, -0.2) is 35.5 Å². The number of fused-ring (bicyclic) bond motifs is 1. The minimum atomic E-state index is 0.661. The van der Waals surface area contributed by atoms with E-state index in [1.54, 1.807) is 0 Å². The Hall–Kier alpha value is -1.97. The number of nitrogens with one attached hydrogen (secondary N) is 1. The summed E-state index contributed by atoms with van der Waals surface area (Å²) in [4.78, 5) is 9.84. The topological polar surface area (TPSA) is 57.4 Å². The molecule has 4 heteroatoms. The van der Waals surface area contributed by atoms with Crippen LogP contribution >= 0.6 is 0 Å². The lowest BCUT2D eigenvalue weighted by atomic mass is 10.1. The SMILES string of the molecule is CCN(CC)C(N)=NCCCc1c[nH]c2ccccc12. The molecule has 2 rings (SSSR count). The molecule has 0 aliphatic heterocycles. The molecular formula is C16H24N4. The van der Waals surface area contributed by atoms with Gasteiger partial charge in [-0.3, -0.25) is 4.99 Å². The highest BCUT2D eigenvalue weighted by atomic mass is 15.2. The van der Waals surface area contributed by atoms with E-state index >= 15 is 0 Å². The quantitative estimate of drug-likeness (QED) is 0.482. The Kier molecular flexibility index (Phi) is 5.04. The van der Waals surface area contributed by atoms with Gasteiger partial charge in [-0.25, -0.2) is 0 Å². The Bertz CT molecular complexity index is 567. The molecule has 0 amide bonds. The van der Waals surface area contributed by atoms with E-state index in [4.69, 9.17) is 5.73 Å². The second-order valence-electron chi connectivity index (χ2n) is 4.88. The van der Waals surface area contributed by atoms with Crippen LogP contribution in [0.3, 0.4) is 0 Å². The fourth-order valence-corrected chi connectivity index (χ4v) is 2.45. The van der Waals surface area contributed by atoms with Gasteiger partial charge in [-0.1, -0.05) is 18.2 Å². The van der Waals surface area contributed by atoms with E-state index in [1.807, 2.05) is 0 Å². The van der Waals surface area contributed by atoms with Gasteiger partial charge in [-0.15, -0.1) is 0 Å². The molecule has 2 aromatic rings. The third kappa shape index (κ3) is 3.32. The first-order chi connectivity index (χ1) is 9.76. The first kappa shape index (κ1) is 14.4. The number of benzene rings is 1. The van der Waals surface area contributed by atoms with Crippen molar-refractivity contribution in [1.82, 2.24) is 9.88 Å². The number of guanidine groups is 1. The number of hydrogen-bond donors (Lipinski definition) is 2. The molecule has 0 spiro atoms. The summed E-state index contributed by atoms with van der Waals surface area (Å²) in [6.07, 6.45) is 4.14. The maximum Gasteiger partial charge on any atom is 0.191 e. The van der Waals surface area contributed by atoms with E-state index in [0.717, 1.165) is 32.5 Å². The van der Waals surface area contributed by atoms with Crippen LogP contribution < -0.4 is 5.73 Å². The number of aromatic amines is 1. The fourth-order valence-electron chi connectivity index (χ4n) is 2.45. The van der Waals surface area contributed by atoms with Gasteiger partial charge in [0.25, 0.3) is 0 Å². The Labute approximate surface area is 120 Å². The zero-order chi connectivity index (χ0) is 14.4. The zero-order valence-corrected chi connectivity index (χ0v) is 12.4. The van der Waals surface area contributed by atoms with Gasteiger partial charge in [0.05, 0.1) is 0 Å². The van der Waals surface area contributed by atoms with Gasteiger partial charge in [0.15, 0.2) is 5.96 Å². The smallest absolute Gasteiger partial charge is 0.191 e. The molecule has 1 aromatic carbocycles. The molecule has 1 heterocycles. The van der Waals surface area contributed by atoms with E-state index < -0.39 is 0 Å². The fraction of sp³-hybridized carbons (Fsp3) is 0.438. The van der Waals surface area contributed by atoms with Crippen LogP contribution in [-0.2, 0) is 6.42 Å². The Morgan fingerprint density at radius 2 is 2.00 bits per heavy atom. The van der Waals surface area contributed by atoms with E-state index in [9.17, 15) is 0 Å². The molecule has 1 aromatic heterocycles. The first-order valence-corrected chi connectivity index (χ1v) is 7.36. The van der Waals surface area contributed by atoms with Crippen molar-refractivity contribution in [2.75, 3.05) is 19.6 Å². The maximum absolute atomic E-state index is 5.96. The summed E-state index contributed by atoms with van der Waals surface area (Å²) in [6, 6.07) is 8.40. The third-order valence-electron chi connectivity index (χ3n) is 3.64. The van der Waals surface area contributed by atoms with Crippen molar-refractivity contribution >= 4 is 16.9 Å². The van der Waals surface area contributed by atoms with Gasteiger partial charge in [0.2, 0.25) is 0 Å². The zero-order valence-electron chi connectivity index (χ0n) is 12.4. The number of nitrogens with zero attached hydrogens (tertiary/aromatic N) is 2. The van der Waals surface area contributed by atoms with Crippen molar-refractivity contribution in [3.05, 3.63) is 36.0 Å². The number of nitrogens with two attached hydrogens (primary N) is 1. The van der Waals surface area contributed by atoms with Crippen LogP contribution in [0.4, 0.5) is 0 Å². The van der Waals surface area contributed by atoms with Crippen LogP contribution in [0, 0.1) is 0 Å². The van der Waals surface area contributed by atoms with Crippen molar-refractivity contribution in [2.24, 2.45) is 10.7 Å². The molecule has 108 valence electrons. The molecule has 0 unspecified atom stereocenters. The van der Waals surface area contributed by atoms with E-state index in [0.29, 0.717) is 5.96 Å². The predicted octanol–water partition coefficient (Wildman–Crippen LogP) is 2.76. The van der Waals surface area contributed by atoms with Gasteiger partial charge in [-0.2, -0.15) is 0 Å². The van der Waals surface area contributed by atoms with E-state index in [1.165, 1.54) is 16.5 Å². The van der Waals surface area contributed by atoms with Gasteiger partial charge < -0.3 is 15.6 Å². The molecule has 0 saturated heterocycles. The van der Waals surface area contributed by atoms with Crippen molar-refractivity contribution < 1.29 is 0 Å². The second-order valence-corrected chi connectivity index (χ2v) is 4.88. The minimum absolute atomic E-state index is 0.661. The first-order valence-electron chi connectivity index (χ1n) is 7.36. The van der Waals surface area contributed by atoms with Crippen molar-refractivity contribution in [3.8, 4) is 0 Å². The van der Waals surface area contributed by atoms with E-state index in [2.05, 4.69) is 59.2 Å². The lowest BCUT2D eigenvalue weighted by Gasteiger charge is -2.19. The van der Waals surface area contributed by atoms with Crippen LogP contribution in [0.25, 0.3) is 10.9 Å². The summed E-state index contributed by atoms with van der Waals surface area (Å²) in [7, 11) is 0. The number of hydrogen-bond acceptors (Lipinski definition) is 1. The molecule has 0 fully saturated rings. The lowest BCUT2D eigenvalue weighted by molar-refractivity contribution is 0.458. The summed E-state index contributed by atoms with van der Waals surface area (Å²) >= 11 is 0. The molecule has 0 aliphatic rings. The summed E-state index contributed by atoms with van der Waals surface area (Å²) in [5.41, 5.74) is 8.52. The van der Waals surface area contributed by atoms with Crippen molar-refractivity contribution in [1.29, 1.82) is 0 Å².